The van der Waals surface area contributed by atoms with Gasteiger partial charge in [-0.05, 0) is 0 Å². The molecule has 0 saturated heterocycles. The van der Waals surface area contributed by atoms with Crippen LogP contribution < -0.4 is 10.4 Å². The van der Waals surface area contributed by atoms with E-state index in [0.29, 0.717) is 7.25 Å². The molecule has 6 rings (SSSR count). The minimum atomic E-state index is -2.36. The number of hydrogen-bond donors (Lipinski definition) is 0. The first kappa shape index (κ1) is 27.1. The van der Waals surface area contributed by atoms with Crippen molar-refractivity contribution in [3.05, 3.63) is 143 Å². The first-order chi connectivity index (χ1) is 16.7. The van der Waals surface area contributed by atoms with Gasteiger partial charge >= 0.3 is 212 Å². The van der Waals surface area contributed by atoms with Gasteiger partial charge < -0.3 is 0 Å². The van der Waals surface area contributed by atoms with E-state index in [4.69, 9.17) is 0 Å². The predicted molar refractivity (Wildman–Crippen MR) is 158 cm³/mol. The second-order valence-corrected chi connectivity index (χ2v) is 23.5. The first-order valence-electron chi connectivity index (χ1n) is 12.1. The molecule has 0 N–H and O–H groups in total. The zero-order valence-electron chi connectivity index (χ0n) is 20.5. The molecule has 2 atom stereocenters. The number of rotatable bonds is 4. The monoisotopic (exact) mass is 602 g/mol. The molecule has 0 bridgehead atoms. The van der Waals surface area contributed by atoms with Crippen molar-refractivity contribution in [3.63, 3.8) is 0 Å². The van der Waals surface area contributed by atoms with Gasteiger partial charge in [0.25, 0.3) is 0 Å². The molecule has 36 heavy (non-hydrogen) atoms. The van der Waals surface area contributed by atoms with Crippen LogP contribution in [0.15, 0.2) is 120 Å². The molecule has 4 aromatic rings. The third-order valence-electron chi connectivity index (χ3n) is 7.33. The molecule has 0 fully saturated rings. The van der Waals surface area contributed by atoms with Crippen molar-refractivity contribution in [1.29, 1.82) is 0 Å². The summed E-state index contributed by atoms with van der Waals surface area (Å²) in [5.74, 6) is 0. The molecule has 0 aliphatic heterocycles. The quantitative estimate of drug-likeness (QED) is 0.211. The molecule has 4 aromatic carbocycles. The van der Waals surface area contributed by atoms with Gasteiger partial charge in [-0.2, -0.15) is 0 Å². The van der Waals surface area contributed by atoms with Crippen molar-refractivity contribution in [2.24, 2.45) is 0 Å². The first-order valence-corrected chi connectivity index (χ1v) is 20.1. The van der Waals surface area contributed by atoms with Gasteiger partial charge in [0.05, 0.1) is 0 Å². The standard InChI is InChI=1S/C12H10Si.2C10H9.2ClH.Zr/c1-3-7-11(8-4-1)13-12-9-5-2-6-10-12;2*1-8-6-9-4-2-3-5-10(9)7-8;;;/h1-10H;2*2-7H,1H3;2*1H;. The largest absolute Gasteiger partial charge is 0.147 e. The Morgan fingerprint density at radius 2 is 0.861 bits per heavy atom. The van der Waals surface area contributed by atoms with Crippen LogP contribution in [0.2, 0.25) is 0 Å². The summed E-state index contributed by atoms with van der Waals surface area (Å²) < 4.78 is 1.21. The van der Waals surface area contributed by atoms with Gasteiger partial charge in [-0.15, -0.1) is 24.8 Å². The number of fused-ring (bicyclic) bond motifs is 2. The Morgan fingerprint density at radius 1 is 0.500 bits per heavy atom. The molecule has 0 nitrogen and oxygen atoms in total. The van der Waals surface area contributed by atoms with Crippen molar-refractivity contribution in [1.82, 2.24) is 0 Å². The Bertz CT molecular complexity index is 1360. The summed E-state index contributed by atoms with van der Waals surface area (Å²) >= 11 is -2.36. The van der Waals surface area contributed by atoms with Crippen LogP contribution in [0.1, 0.15) is 43.4 Å². The van der Waals surface area contributed by atoms with E-state index < -0.39 is 25.8 Å². The van der Waals surface area contributed by atoms with Crippen molar-refractivity contribution < 1.29 is 20.4 Å². The zero-order chi connectivity index (χ0) is 23.1. The molecule has 2 aliphatic rings. The average molecular weight is 605 g/mol. The topological polar surface area (TPSA) is 0 Å². The fraction of sp³-hybridized carbons (Fsp3) is 0.125. The van der Waals surface area contributed by atoms with Gasteiger partial charge in [0.1, 0.15) is 0 Å². The Balaban J connectivity index is 0.00000152. The molecular weight excluding hydrogens is 575 g/mol. The Hall–Kier alpha value is -1.96. The van der Waals surface area contributed by atoms with E-state index in [-0.39, 0.29) is 24.8 Å². The molecule has 0 spiro atoms. The summed E-state index contributed by atoms with van der Waals surface area (Å²) in [5.41, 5.74) is 8.29. The summed E-state index contributed by atoms with van der Waals surface area (Å²) in [6.45, 7) is 4.81. The fourth-order valence-corrected chi connectivity index (χ4v) is 31.3. The summed E-state index contributed by atoms with van der Waals surface area (Å²) in [7, 11) is 0. The summed E-state index contributed by atoms with van der Waals surface area (Å²) in [6, 6.07) is 41.4. The molecule has 0 heterocycles. The summed E-state index contributed by atoms with van der Waals surface area (Å²) in [5, 5.41) is 3.17. The van der Waals surface area contributed by atoms with Gasteiger partial charge in [0, 0.05) is 0 Å². The van der Waals surface area contributed by atoms with Gasteiger partial charge in [-0.25, -0.2) is 0 Å². The minimum Gasteiger partial charge on any atom is -0.147 e. The molecule has 4 heteroatoms. The smallest absolute Gasteiger partial charge is 0.147 e. The van der Waals surface area contributed by atoms with E-state index >= 15 is 0 Å². The van der Waals surface area contributed by atoms with Crippen LogP contribution in [0.5, 0.6) is 0 Å². The van der Waals surface area contributed by atoms with Crippen molar-refractivity contribution in [3.8, 4) is 0 Å². The van der Waals surface area contributed by atoms with Crippen molar-refractivity contribution in [2.75, 3.05) is 0 Å². The van der Waals surface area contributed by atoms with E-state index in [2.05, 4.69) is 135 Å². The Morgan fingerprint density at radius 3 is 1.28 bits per heavy atom. The Labute approximate surface area is 235 Å². The summed E-state index contributed by atoms with van der Waals surface area (Å²) in [6.07, 6.45) is 4.96. The average Bonchev–Trinajstić information content (AvgIpc) is 3.39. The second kappa shape index (κ2) is 11.6. The van der Waals surface area contributed by atoms with E-state index in [1.54, 1.807) is 32.6 Å². The number of benzene rings is 4. The number of allylic oxidation sites excluding steroid dienone is 2. The van der Waals surface area contributed by atoms with Gasteiger partial charge in [0.15, 0.2) is 0 Å². The predicted octanol–water partition coefficient (Wildman–Crippen LogP) is 7.57. The van der Waals surface area contributed by atoms with E-state index in [9.17, 15) is 0 Å². The maximum atomic E-state index is 2.48. The number of hydrogen-bond acceptors (Lipinski definition) is 0. The van der Waals surface area contributed by atoms with Crippen LogP contribution in [-0.2, 0) is 20.4 Å². The van der Waals surface area contributed by atoms with Crippen LogP contribution in [0.25, 0.3) is 12.2 Å². The molecule has 2 unspecified atom stereocenters. The van der Waals surface area contributed by atoms with Crippen LogP contribution in [0, 0.1) is 0 Å². The van der Waals surface area contributed by atoms with Crippen molar-refractivity contribution >= 4 is 52.8 Å². The van der Waals surface area contributed by atoms with Crippen LogP contribution >= 0.6 is 24.8 Å². The van der Waals surface area contributed by atoms with E-state index in [0.717, 1.165) is 0 Å². The second-order valence-electron chi connectivity index (χ2n) is 9.46. The third-order valence-corrected chi connectivity index (χ3v) is 28.5. The van der Waals surface area contributed by atoms with Crippen LogP contribution in [0.3, 0.4) is 0 Å². The zero-order valence-corrected chi connectivity index (χ0v) is 25.6. The SMILES string of the molecule is CC1=Cc2ccccc2[CH]1[Zr]([CH]1C(C)=Cc2ccccc21)=[Si](c1ccccc1)c1ccccc1.Cl.Cl. The minimum absolute atomic E-state index is 0. The molecule has 0 saturated carbocycles. The van der Waals surface area contributed by atoms with Crippen molar-refractivity contribution in [2.45, 2.75) is 21.1 Å². The molecular formula is C32H30Cl2SiZr. The normalized spacial score (nSPS) is 17.1. The van der Waals surface area contributed by atoms with E-state index in [1.807, 2.05) is 0 Å². The molecule has 2 aliphatic carbocycles. The van der Waals surface area contributed by atoms with E-state index in [1.165, 1.54) is 11.1 Å². The molecule has 180 valence electrons. The van der Waals surface area contributed by atoms with Crippen LogP contribution in [-0.4, -0.2) is 5.43 Å². The maximum Gasteiger partial charge on any atom is -0.147 e. The summed E-state index contributed by atoms with van der Waals surface area (Å²) in [4.78, 5) is 0. The fourth-order valence-electron chi connectivity index (χ4n) is 5.95. The maximum absolute atomic E-state index is 2.48. The third kappa shape index (κ3) is 4.82. The Kier molecular flexibility index (Phi) is 8.74. The molecule has 0 amide bonds. The van der Waals surface area contributed by atoms with Gasteiger partial charge in [-0.3, -0.25) is 0 Å². The van der Waals surface area contributed by atoms with Gasteiger partial charge in [0.2, 0.25) is 0 Å². The van der Waals surface area contributed by atoms with Crippen LogP contribution in [0.4, 0.5) is 0 Å². The van der Waals surface area contributed by atoms with Gasteiger partial charge in [-0.1, -0.05) is 0 Å². The molecule has 0 radical (unpaired) electrons. The number of halogens is 2. The molecule has 0 aromatic heterocycles.